The minimum atomic E-state index is 0.183. The molecule has 2 aliphatic rings. The summed E-state index contributed by atoms with van der Waals surface area (Å²) in [5, 5.41) is 0. The number of benzene rings is 1. The molecule has 1 unspecified atom stereocenters. The van der Waals surface area contributed by atoms with Crippen molar-refractivity contribution in [1.29, 1.82) is 0 Å². The maximum absolute atomic E-state index is 13.1. The second-order valence-corrected chi connectivity index (χ2v) is 7.43. The van der Waals surface area contributed by atoms with Gasteiger partial charge in [-0.3, -0.25) is 9.78 Å². The number of ether oxygens (including phenoxy) is 1. The third kappa shape index (κ3) is 3.09. The van der Waals surface area contributed by atoms with Crippen LogP contribution in [0.2, 0.25) is 0 Å². The Bertz CT molecular complexity index is 773. The van der Waals surface area contributed by atoms with E-state index >= 15 is 0 Å². The molecule has 2 fully saturated rings. The van der Waals surface area contributed by atoms with Crippen molar-refractivity contribution in [2.45, 2.75) is 57.0 Å². The minimum absolute atomic E-state index is 0.183. The van der Waals surface area contributed by atoms with Gasteiger partial charge in [-0.05, 0) is 67.9 Å². The molecule has 0 N–H and O–H groups in total. The lowest BCUT2D eigenvalue weighted by molar-refractivity contribution is 0.0571. The highest BCUT2D eigenvalue weighted by molar-refractivity contribution is 5.95. The van der Waals surface area contributed by atoms with Gasteiger partial charge in [0.2, 0.25) is 0 Å². The molecule has 0 aliphatic carbocycles. The summed E-state index contributed by atoms with van der Waals surface area (Å²) in [4.78, 5) is 19.6. The number of rotatable bonds is 4. The molecular formula is C22H26N2O2. The molecule has 0 saturated carbocycles. The summed E-state index contributed by atoms with van der Waals surface area (Å²) in [5.74, 6) is 1.61. The fourth-order valence-corrected chi connectivity index (χ4v) is 4.61. The van der Waals surface area contributed by atoms with E-state index < -0.39 is 0 Å². The quantitative estimate of drug-likeness (QED) is 0.830. The summed E-state index contributed by atoms with van der Waals surface area (Å²) in [6, 6.07) is 13.0. The highest BCUT2D eigenvalue weighted by atomic mass is 16.5. The number of aromatic nitrogens is 1. The minimum Gasteiger partial charge on any atom is -0.497 e. The Morgan fingerprint density at radius 1 is 1.15 bits per heavy atom. The van der Waals surface area contributed by atoms with E-state index in [2.05, 4.69) is 28.9 Å². The predicted molar refractivity (Wildman–Crippen MR) is 102 cm³/mol. The van der Waals surface area contributed by atoms with Gasteiger partial charge in [-0.25, -0.2) is 0 Å². The van der Waals surface area contributed by atoms with Gasteiger partial charge in [0.15, 0.2) is 0 Å². The Hall–Kier alpha value is -2.36. The molecule has 26 heavy (non-hydrogen) atoms. The van der Waals surface area contributed by atoms with Crippen molar-refractivity contribution >= 4 is 5.91 Å². The first-order valence-electron chi connectivity index (χ1n) is 9.61. The zero-order valence-corrected chi connectivity index (χ0v) is 15.5. The van der Waals surface area contributed by atoms with Gasteiger partial charge in [-0.15, -0.1) is 0 Å². The van der Waals surface area contributed by atoms with Gasteiger partial charge in [0.1, 0.15) is 5.75 Å². The molecule has 1 amide bonds. The molecule has 4 nitrogen and oxygen atoms in total. The molecule has 3 atom stereocenters. The average molecular weight is 350 g/mol. The molecule has 4 rings (SSSR count). The van der Waals surface area contributed by atoms with E-state index in [9.17, 15) is 4.79 Å². The van der Waals surface area contributed by atoms with Crippen LogP contribution in [-0.2, 0) is 6.42 Å². The van der Waals surface area contributed by atoms with Gasteiger partial charge in [0, 0.05) is 29.5 Å². The summed E-state index contributed by atoms with van der Waals surface area (Å²) < 4.78 is 5.27. The van der Waals surface area contributed by atoms with Crippen molar-refractivity contribution in [3.8, 4) is 5.75 Å². The standard InChI is InChI=1S/C22H26N2O2/c1-3-18-12-16(10-11-23-18)22(25)24-19-6-7-20(24)14-17(13-19)15-4-8-21(26-2)9-5-15/h4-5,8-12,17,19-20H,3,6-7,13-14H2,1-2H3/t17?,19-,20+. The third-order valence-corrected chi connectivity index (χ3v) is 5.98. The van der Waals surface area contributed by atoms with E-state index in [1.807, 2.05) is 24.3 Å². The summed E-state index contributed by atoms with van der Waals surface area (Å²) in [6.07, 6.45) is 6.97. The summed E-state index contributed by atoms with van der Waals surface area (Å²) in [5.41, 5.74) is 3.14. The molecule has 2 aromatic rings. The van der Waals surface area contributed by atoms with Crippen LogP contribution < -0.4 is 4.74 Å². The lowest BCUT2D eigenvalue weighted by atomic mass is 9.84. The van der Waals surface area contributed by atoms with Gasteiger partial charge in [0.05, 0.1) is 7.11 Å². The van der Waals surface area contributed by atoms with Gasteiger partial charge in [-0.2, -0.15) is 0 Å². The van der Waals surface area contributed by atoms with Crippen LogP contribution in [0.15, 0.2) is 42.6 Å². The van der Waals surface area contributed by atoms with Crippen LogP contribution in [0.25, 0.3) is 0 Å². The third-order valence-electron chi connectivity index (χ3n) is 5.98. The summed E-state index contributed by atoms with van der Waals surface area (Å²) in [7, 11) is 1.70. The topological polar surface area (TPSA) is 42.4 Å². The van der Waals surface area contributed by atoms with Gasteiger partial charge in [0.25, 0.3) is 5.91 Å². The molecule has 1 aromatic carbocycles. The number of piperidine rings is 1. The van der Waals surface area contributed by atoms with Crippen LogP contribution in [0.3, 0.4) is 0 Å². The number of fused-ring (bicyclic) bond motifs is 2. The van der Waals surface area contributed by atoms with E-state index in [1.54, 1.807) is 13.3 Å². The largest absolute Gasteiger partial charge is 0.497 e. The molecule has 4 heteroatoms. The van der Waals surface area contributed by atoms with Crippen LogP contribution in [-0.4, -0.2) is 35.0 Å². The lowest BCUT2D eigenvalue weighted by Crippen LogP contribution is -2.46. The van der Waals surface area contributed by atoms with Crippen LogP contribution >= 0.6 is 0 Å². The number of carbonyl (C=O) groups is 1. The zero-order chi connectivity index (χ0) is 18.1. The Morgan fingerprint density at radius 3 is 2.46 bits per heavy atom. The van der Waals surface area contributed by atoms with Crippen LogP contribution in [0.4, 0.5) is 0 Å². The lowest BCUT2D eigenvalue weighted by Gasteiger charge is -2.39. The number of carbonyl (C=O) groups excluding carboxylic acids is 1. The summed E-state index contributed by atoms with van der Waals surface area (Å²) in [6.45, 7) is 2.07. The first kappa shape index (κ1) is 17.1. The van der Waals surface area contributed by atoms with Crippen LogP contribution in [0.5, 0.6) is 5.75 Å². The molecule has 1 aromatic heterocycles. The van der Waals surface area contributed by atoms with Gasteiger partial charge >= 0.3 is 0 Å². The number of aryl methyl sites for hydroxylation is 1. The molecule has 136 valence electrons. The fourth-order valence-electron chi connectivity index (χ4n) is 4.61. The monoisotopic (exact) mass is 350 g/mol. The molecule has 2 aliphatic heterocycles. The number of amides is 1. The normalized spacial score (nSPS) is 24.5. The Labute approximate surface area is 155 Å². The predicted octanol–water partition coefficient (Wildman–Crippen LogP) is 4.20. The van der Waals surface area contributed by atoms with Crippen molar-refractivity contribution in [2.24, 2.45) is 0 Å². The number of pyridine rings is 1. The molecule has 2 bridgehead atoms. The molecule has 0 radical (unpaired) electrons. The van der Waals surface area contributed by atoms with Crippen molar-refractivity contribution in [3.05, 3.63) is 59.4 Å². The average Bonchev–Trinajstić information content (AvgIpc) is 2.96. The maximum Gasteiger partial charge on any atom is 0.254 e. The first-order valence-corrected chi connectivity index (χ1v) is 9.61. The molecular weight excluding hydrogens is 324 g/mol. The van der Waals surface area contributed by atoms with E-state index in [4.69, 9.17) is 4.74 Å². The van der Waals surface area contributed by atoms with Gasteiger partial charge in [-0.1, -0.05) is 19.1 Å². The SMILES string of the molecule is CCc1cc(C(=O)N2[C@@H]3CC[C@H]2CC(c2ccc(OC)cc2)C3)ccn1. The van der Waals surface area contributed by atoms with Crippen molar-refractivity contribution in [1.82, 2.24) is 9.88 Å². The Kier molecular flexibility index (Phi) is 4.66. The molecule has 2 saturated heterocycles. The number of methoxy groups -OCH3 is 1. The molecule has 0 spiro atoms. The fraction of sp³-hybridized carbons (Fsp3) is 0.455. The smallest absolute Gasteiger partial charge is 0.254 e. The number of nitrogens with zero attached hydrogens (tertiary/aromatic N) is 2. The van der Waals surface area contributed by atoms with Gasteiger partial charge < -0.3 is 9.64 Å². The highest BCUT2D eigenvalue weighted by Gasteiger charge is 2.43. The van der Waals surface area contributed by atoms with Crippen molar-refractivity contribution in [3.63, 3.8) is 0 Å². The van der Waals surface area contributed by atoms with E-state index in [1.165, 1.54) is 5.56 Å². The van der Waals surface area contributed by atoms with E-state index in [0.717, 1.165) is 49.1 Å². The zero-order valence-electron chi connectivity index (χ0n) is 15.5. The second kappa shape index (κ2) is 7.10. The maximum atomic E-state index is 13.1. The van der Waals surface area contributed by atoms with Crippen molar-refractivity contribution in [2.75, 3.05) is 7.11 Å². The number of hydrogen-bond acceptors (Lipinski definition) is 3. The van der Waals surface area contributed by atoms with Crippen molar-refractivity contribution < 1.29 is 9.53 Å². The summed E-state index contributed by atoms with van der Waals surface area (Å²) >= 11 is 0. The number of hydrogen-bond donors (Lipinski definition) is 0. The van der Waals surface area contributed by atoms with E-state index in [0.29, 0.717) is 18.0 Å². The highest BCUT2D eigenvalue weighted by Crippen LogP contribution is 2.43. The Balaban J connectivity index is 1.52. The van der Waals surface area contributed by atoms with Crippen LogP contribution in [0.1, 0.15) is 60.1 Å². The first-order chi connectivity index (χ1) is 12.7. The van der Waals surface area contributed by atoms with Crippen LogP contribution in [0, 0.1) is 0 Å². The molecule has 3 heterocycles. The Morgan fingerprint density at radius 2 is 1.85 bits per heavy atom. The second-order valence-electron chi connectivity index (χ2n) is 7.43. The van der Waals surface area contributed by atoms with E-state index in [-0.39, 0.29) is 5.91 Å².